The second-order valence-electron chi connectivity index (χ2n) is 4.40. The summed E-state index contributed by atoms with van der Waals surface area (Å²) in [5.74, 6) is 1.91. The van der Waals surface area contributed by atoms with Crippen molar-refractivity contribution in [3.63, 3.8) is 0 Å². The topological polar surface area (TPSA) is 59.2 Å². The zero-order valence-electron chi connectivity index (χ0n) is 9.77. The lowest BCUT2D eigenvalue weighted by Crippen LogP contribution is -2.40. The van der Waals surface area contributed by atoms with Crippen LogP contribution in [0.25, 0.3) is 0 Å². The molecule has 1 atom stereocenters. The third-order valence-electron chi connectivity index (χ3n) is 2.98. The molecular formula is C11H17N3O2. The molecule has 1 unspecified atom stereocenters. The molecule has 1 aliphatic heterocycles. The van der Waals surface area contributed by atoms with Gasteiger partial charge in [0.1, 0.15) is 5.78 Å². The van der Waals surface area contributed by atoms with E-state index in [9.17, 15) is 4.79 Å². The molecule has 1 saturated heterocycles. The van der Waals surface area contributed by atoms with Gasteiger partial charge in [0, 0.05) is 45.3 Å². The fourth-order valence-corrected chi connectivity index (χ4v) is 2.00. The lowest BCUT2D eigenvalue weighted by atomic mass is 9.98. The molecule has 0 aliphatic carbocycles. The summed E-state index contributed by atoms with van der Waals surface area (Å²) in [7, 11) is 0. The number of rotatable bonds is 3. The molecule has 0 radical (unpaired) electrons. The summed E-state index contributed by atoms with van der Waals surface area (Å²) in [6.07, 6.45) is 1.46. The van der Waals surface area contributed by atoms with Crippen LogP contribution in [0.2, 0.25) is 0 Å². The number of aryl methyl sites for hydroxylation is 1. The summed E-state index contributed by atoms with van der Waals surface area (Å²) >= 11 is 0. The standard InChI is InChI=1S/C11H17N3O2/c1-8-7-14(5-3-10(8)15)6-4-11-12-9(2)16-13-11/h8H,3-7H2,1-2H3. The van der Waals surface area contributed by atoms with Gasteiger partial charge in [0.2, 0.25) is 5.89 Å². The van der Waals surface area contributed by atoms with E-state index in [-0.39, 0.29) is 5.92 Å². The summed E-state index contributed by atoms with van der Waals surface area (Å²) < 4.78 is 4.91. The molecular weight excluding hydrogens is 206 g/mol. The van der Waals surface area contributed by atoms with Crippen LogP contribution in [-0.2, 0) is 11.2 Å². The van der Waals surface area contributed by atoms with Crippen LogP contribution in [0, 0.1) is 12.8 Å². The predicted octanol–water partition coefficient (Wildman–Crippen LogP) is 0.831. The quantitative estimate of drug-likeness (QED) is 0.759. The Bertz CT molecular complexity index is 375. The number of hydrogen-bond acceptors (Lipinski definition) is 5. The molecule has 1 fully saturated rings. The van der Waals surface area contributed by atoms with Crippen molar-refractivity contribution in [2.75, 3.05) is 19.6 Å². The van der Waals surface area contributed by atoms with E-state index in [0.717, 1.165) is 31.9 Å². The average Bonchev–Trinajstić information content (AvgIpc) is 2.66. The first-order chi connectivity index (χ1) is 7.65. The zero-order valence-corrected chi connectivity index (χ0v) is 9.77. The van der Waals surface area contributed by atoms with Crippen molar-refractivity contribution < 1.29 is 9.32 Å². The second-order valence-corrected chi connectivity index (χ2v) is 4.40. The zero-order chi connectivity index (χ0) is 11.5. The highest BCUT2D eigenvalue weighted by Gasteiger charge is 2.23. The van der Waals surface area contributed by atoms with Crippen molar-refractivity contribution in [1.82, 2.24) is 15.0 Å². The maximum Gasteiger partial charge on any atom is 0.223 e. The third-order valence-corrected chi connectivity index (χ3v) is 2.98. The van der Waals surface area contributed by atoms with E-state index in [1.54, 1.807) is 6.92 Å². The van der Waals surface area contributed by atoms with Gasteiger partial charge in [0.05, 0.1) is 0 Å². The summed E-state index contributed by atoms with van der Waals surface area (Å²) in [5.41, 5.74) is 0. The minimum atomic E-state index is 0.167. The maximum atomic E-state index is 11.4. The van der Waals surface area contributed by atoms with Gasteiger partial charge in [0.15, 0.2) is 5.82 Å². The number of carbonyl (C=O) groups is 1. The van der Waals surface area contributed by atoms with Crippen molar-refractivity contribution in [2.45, 2.75) is 26.7 Å². The van der Waals surface area contributed by atoms with Crippen molar-refractivity contribution >= 4 is 5.78 Å². The SMILES string of the molecule is Cc1nc(CCN2CCC(=O)C(C)C2)no1. The van der Waals surface area contributed by atoms with E-state index in [0.29, 0.717) is 18.1 Å². The van der Waals surface area contributed by atoms with Gasteiger partial charge in [-0.15, -0.1) is 0 Å². The van der Waals surface area contributed by atoms with Crippen molar-refractivity contribution in [2.24, 2.45) is 5.92 Å². The fourth-order valence-electron chi connectivity index (χ4n) is 2.00. The highest BCUT2D eigenvalue weighted by molar-refractivity contribution is 5.81. The van der Waals surface area contributed by atoms with Gasteiger partial charge in [-0.3, -0.25) is 4.79 Å². The van der Waals surface area contributed by atoms with Gasteiger partial charge < -0.3 is 9.42 Å². The first-order valence-corrected chi connectivity index (χ1v) is 5.69. The molecule has 88 valence electrons. The molecule has 2 rings (SSSR count). The first kappa shape index (κ1) is 11.3. The van der Waals surface area contributed by atoms with E-state index >= 15 is 0 Å². The normalized spacial score (nSPS) is 22.6. The molecule has 5 heteroatoms. The Balaban J connectivity index is 1.80. The number of piperidine rings is 1. The second kappa shape index (κ2) is 4.74. The number of carbonyl (C=O) groups excluding carboxylic acids is 1. The summed E-state index contributed by atoms with van der Waals surface area (Å²) in [6.45, 7) is 6.40. The molecule has 0 saturated carbocycles. The Morgan fingerprint density at radius 1 is 1.56 bits per heavy atom. The third kappa shape index (κ3) is 2.66. The Hall–Kier alpha value is -1.23. The Kier molecular flexibility index (Phi) is 3.33. The van der Waals surface area contributed by atoms with E-state index in [1.807, 2.05) is 6.92 Å². The van der Waals surface area contributed by atoms with Gasteiger partial charge in [-0.05, 0) is 0 Å². The number of aromatic nitrogens is 2. The predicted molar refractivity (Wildman–Crippen MR) is 58.0 cm³/mol. The smallest absolute Gasteiger partial charge is 0.223 e. The van der Waals surface area contributed by atoms with Gasteiger partial charge in [-0.2, -0.15) is 4.98 Å². The number of likely N-dealkylation sites (tertiary alicyclic amines) is 1. The van der Waals surface area contributed by atoms with Crippen LogP contribution >= 0.6 is 0 Å². The summed E-state index contributed by atoms with van der Waals surface area (Å²) in [6, 6.07) is 0. The molecule has 0 aromatic carbocycles. The van der Waals surface area contributed by atoms with E-state index in [4.69, 9.17) is 4.52 Å². The molecule has 1 aromatic heterocycles. The Morgan fingerprint density at radius 3 is 3.00 bits per heavy atom. The monoisotopic (exact) mass is 223 g/mol. The highest BCUT2D eigenvalue weighted by Crippen LogP contribution is 2.12. The lowest BCUT2D eigenvalue weighted by Gasteiger charge is -2.29. The lowest BCUT2D eigenvalue weighted by molar-refractivity contribution is -0.125. The van der Waals surface area contributed by atoms with Gasteiger partial charge in [0.25, 0.3) is 0 Å². The van der Waals surface area contributed by atoms with Crippen LogP contribution in [0.5, 0.6) is 0 Å². The molecule has 0 spiro atoms. The van der Waals surface area contributed by atoms with Crippen LogP contribution in [0.4, 0.5) is 0 Å². The summed E-state index contributed by atoms with van der Waals surface area (Å²) in [4.78, 5) is 17.8. The number of Topliss-reactive ketones (excluding diaryl/α,β-unsaturated/α-hetero) is 1. The number of nitrogens with zero attached hydrogens (tertiary/aromatic N) is 3. The van der Waals surface area contributed by atoms with Crippen LogP contribution in [0.1, 0.15) is 25.1 Å². The van der Waals surface area contributed by atoms with Crippen molar-refractivity contribution in [3.8, 4) is 0 Å². The van der Waals surface area contributed by atoms with Crippen LogP contribution < -0.4 is 0 Å². The Labute approximate surface area is 94.8 Å². The maximum absolute atomic E-state index is 11.4. The van der Waals surface area contributed by atoms with Crippen molar-refractivity contribution in [1.29, 1.82) is 0 Å². The average molecular weight is 223 g/mol. The van der Waals surface area contributed by atoms with E-state index < -0.39 is 0 Å². The van der Waals surface area contributed by atoms with Gasteiger partial charge >= 0.3 is 0 Å². The molecule has 2 heterocycles. The molecule has 0 bridgehead atoms. The van der Waals surface area contributed by atoms with Crippen LogP contribution in [0.3, 0.4) is 0 Å². The molecule has 1 aliphatic rings. The molecule has 0 N–H and O–H groups in total. The van der Waals surface area contributed by atoms with Gasteiger partial charge in [-0.1, -0.05) is 12.1 Å². The number of ketones is 1. The van der Waals surface area contributed by atoms with Crippen LogP contribution in [-0.4, -0.2) is 40.5 Å². The highest BCUT2D eigenvalue weighted by atomic mass is 16.5. The minimum Gasteiger partial charge on any atom is -0.340 e. The first-order valence-electron chi connectivity index (χ1n) is 5.69. The summed E-state index contributed by atoms with van der Waals surface area (Å²) in [5, 5.41) is 3.85. The Morgan fingerprint density at radius 2 is 2.38 bits per heavy atom. The van der Waals surface area contributed by atoms with E-state index in [2.05, 4.69) is 15.0 Å². The molecule has 16 heavy (non-hydrogen) atoms. The van der Waals surface area contributed by atoms with Gasteiger partial charge in [-0.25, -0.2) is 0 Å². The molecule has 5 nitrogen and oxygen atoms in total. The van der Waals surface area contributed by atoms with Crippen molar-refractivity contribution in [3.05, 3.63) is 11.7 Å². The van der Waals surface area contributed by atoms with E-state index in [1.165, 1.54) is 0 Å². The minimum absolute atomic E-state index is 0.167. The fraction of sp³-hybridized carbons (Fsp3) is 0.727. The van der Waals surface area contributed by atoms with Crippen LogP contribution in [0.15, 0.2) is 4.52 Å². The molecule has 1 aromatic rings. The number of hydrogen-bond donors (Lipinski definition) is 0. The largest absolute Gasteiger partial charge is 0.340 e. The molecule has 0 amide bonds.